The van der Waals surface area contributed by atoms with Gasteiger partial charge in [0.15, 0.2) is 0 Å². The Morgan fingerprint density at radius 2 is 1.89 bits per heavy atom. The number of fused-ring (bicyclic) bond motifs is 1. The van der Waals surface area contributed by atoms with E-state index in [2.05, 4.69) is 42.6 Å². The molecule has 0 spiro atoms. The SMILES string of the molecule is CCC(NC1Cc2ccccc2C1)c1ccco1. The third-order valence-electron chi connectivity index (χ3n) is 3.78. The standard InChI is InChI=1S/C16H19NO/c1-2-15(16-8-5-9-18-16)17-14-10-12-6-3-4-7-13(12)11-14/h3-9,14-15,17H,2,10-11H2,1H3. The van der Waals surface area contributed by atoms with E-state index in [0.717, 1.165) is 25.0 Å². The van der Waals surface area contributed by atoms with Gasteiger partial charge in [-0.3, -0.25) is 0 Å². The molecule has 1 N–H and O–H groups in total. The zero-order chi connectivity index (χ0) is 12.4. The second-order valence-corrected chi connectivity index (χ2v) is 5.02. The van der Waals surface area contributed by atoms with Crippen LogP contribution in [-0.4, -0.2) is 6.04 Å². The molecule has 2 nitrogen and oxygen atoms in total. The maximum atomic E-state index is 5.51. The van der Waals surface area contributed by atoms with Crippen LogP contribution in [0.3, 0.4) is 0 Å². The number of furan rings is 1. The summed E-state index contributed by atoms with van der Waals surface area (Å²) < 4.78 is 5.51. The van der Waals surface area contributed by atoms with Crippen LogP contribution in [0.4, 0.5) is 0 Å². The Morgan fingerprint density at radius 3 is 2.44 bits per heavy atom. The predicted molar refractivity (Wildman–Crippen MR) is 72.5 cm³/mol. The van der Waals surface area contributed by atoms with Crippen molar-refractivity contribution >= 4 is 0 Å². The summed E-state index contributed by atoms with van der Waals surface area (Å²) in [5, 5.41) is 3.72. The van der Waals surface area contributed by atoms with Gasteiger partial charge in [0, 0.05) is 6.04 Å². The van der Waals surface area contributed by atoms with Crippen LogP contribution >= 0.6 is 0 Å². The summed E-state index contributed by atoms with van der Waals surface area (Å²) in [5.41, 5.74) is 2.98. The van der Waals surface area contributed by atoms with Crippen LogP contribution in [-0.2, 0) is 12.8 Å². The van der Waals surface area contributed by atoms with E-state index < -0.39 is 0 Å². The first-order valence-electron chi connectivity index (χ1n) is 6.73. The molecule has 94 valence electrons. The molecule has 2 aromatic rings. The summed E-state index contributed by atoms with van der Waals surface area (Å²) in [6.45, 7) is 2.20. The summed E-state index contributed by atoms with van der Waals surface area (Å²) in [6, 6.07) is 13.6. The highest BCUT2D eigenvalue weighted by Gasteiger charge is 2.24. The van der Waals surface area contributed by atoms with E-state index in [1.807, 2.05) is 6.07 Å². The van der Waals surface area contributed by atoms with E-state index in [9.17, 15) is 0 Å². The molecule has 0 aliphatic heterocycles. The molecule has 1 aromatic heterocycles. The molecule has 1 heterocycles. The molecular formula is C16H19NO. The van der Waals surface area contributed by atoms with Crippen LogP contribution in [0.1, 0.15) is 36.3 Å². The average molecular weight is 241 g/mol. The van der Waals surface area contributed by atoms with Crippen molar-refractivity contribution in [2.45, 2.75) is 38.3 Å². The zero-order valence-electron chi connectivity index (χ0n) is 10.7. The molecule has 2 heteroatoms. The van der Waals surface area contributed by atoms with Crippen LogP contribution in [0.25, 0.3) is 0 Å². The van der Waals surface area contributed by atoms with Gasteiger partial charge in [-0.2, -0.15) is 0 Å². The Bertz CT molecular complexity index is 479. The molecule has 18 heavy (non-hydrogen) atoms. The lowest BCUT2D eigenvalue weighted by Crippen LogP contribution is -2.33. The Balaban J connectivity index is 1.68. The number of benzene rings is 1. The average Bonchev–Trinajstić information content (AvgIpc) is 3.04. The summed E-state index contributed by atoms with van der Waals surface area (Å²) >= 11 is 0. The van der Waals surface area contributed by atoms with E-state index in [1.54, 1.807) is 6.26 Å². The van der Waals surface area contributed by atoms with Crippen LogP contribution in [0, 0.1) is 0 Å². The van der Waals surface area contributed by atoms with Crippen molar-refractivity contribution in [3.63, 3.8) is 0 Å². The molecule has 0 bridgehead atoms. The van der Waals surface area contributed by atoms with E-state index in [-0.39, 0.29) is 0 Å². The minimum Gasteiger partial charge on any atom is -0.468 e. The first kappa shape index (κ1) is 11.5. The molecule has 0 radical (unpaired) electrons. The molecule has 1 aliphatic carbocycles. The number of hydrogen-bond acceptors (Lipinski definition) is 2. The minimum atomic E-state index is 0.333. The van der Waals surface area contributed by atoms with Crippen molar-refractivity contribution in [3.8, 4) is 0 Å². The molecule has 0 saturated heterocycles. The Labute approximate surface area is 108 Å². The fourth-order valence-corrected chi connectivity index (χ4v) is 2.85. The first-order chi connectivity index (χ1) is 8.86. The number of rotatable bonds is 4. The summed E-state index contributed by atoms with van der Waals surface area (Å²) in [5.74, 6) is 1.05. The first-order valence-corrected chi connectivity index (χ1v) is 6.73. The highest BCUT2D eigenvalue weighted by molar-refractivity contribution is 5.33. The van der Waals surface area contributed by atoms with Gasteiger partial charge in [0.05, 0.1) is 12.3 Å². The molecule has 0 fully saturated rings. The molecule has 1 aromatic carbocycles. The Hall–Kier alpha value is -1.54. The summed E-state index contributed by atoms with van der Waals surface area (Å²) in [4.78, 5) is 0. The molecule has 0 saturated carbocycles. The molecular weight excluding hydrogens is 222 g/mol. The topological polar surface area (TPSA) is 25.2 Å². The van der Waals surface area contributed by atoms with Crippen LogP contribution in [0.2, 0.25) is 0 Å². The van der Waals surface area contributed by atoms with Crippen molar-refractivity contribution in [1.29, 1.82) is 0 Å². The van der Waals surface area contributed by atoms with Gasteiger partial charge in [-0.05, 0) is 42.5 Å². The highest BCUT2D eigenvalue weighted by Crippen LogP contribution is 2.25. The Kier molecular flexibility index (Phi) is 3.20. The normalized spacial score (nSPS) is 16.7. The molecule has 1 atom stereocenters. The largest absolute Gasteiger partial charge is 0.468 e. The number of nitrogens with one attached hydrogen (secondary N) is 1. The maximum absolute atomic E-state index is 5.51. The van der Waals surface area contributed by atoms with Crippen LogP contribution in [0.15, 0.2) is 47.1 Å². The second-order valence-electron chi connectivity index (χ2n) is 5.02. The second kappa shape index (κ2) is 4.99. The fraction of sp³-hybridized carbons (Fsp3) is 0.375. The minimum absolute atomic E-state index is 0.333. The lowest BCUT2D eigenvalue weighted by Gasteiger charge is -2.19. The third kappa shape index (κ3) is 2.21. The van der Waals surface area contributed by atoms with Gasteiger partial charge in [0.25, 0.3) is 0 Å². The van der Waals surface area contributed by atoms with E-state index >= 15 is 0 Å². The van der Waals surface area contributed by atoms with Gasteiger partial charge in [-0.25, -0.2) is 0 Å². The van der Waals surface area contributed by atoms with Crippen molar-refractivity contribution in [1.82, 2.24) is 5.32 Å². The lowest BCUT2D eigenvalue weighted by atomic mass is 10.1. The summed E-state index contributed by atoms with van der Waals surface area (Å²) in [6.07, 6.45) is 5.07. The lowest BCUT2D eigenvalue weighted by molar-refractivity contribution is 0.367. The number of hydrogen-bond donors (Lipinski definition) is 1. The molecule has 1 unspecified atom stereocenters. The van der Waals surface area contributed by atoms with Crippen molar-refractivity contribution in [2.24, 2.45) is 0 Å². The van der Waals surface area contributed by atoms with Crippen molar-refractivity contribution in [3.05, 3.63) is 59.5 Å². The maximum Gasteiger partial charge on any atom is 0.120 e. The van der Waals surface area contributed by atoms with E-state index in [1.165, 1.54) is 11.1 Å². The van der Waals surface area contributed by atoms with Crippen LogP contribution < -0.4 is 5.32 Å². The monoisotopic (exact) mass is 241 g/mol. The molecule has 3 rings (SSSR count). The van der Waals surface area contributed by atoms with Gasteiger partial charge in [0.2, 0.25) is 0 Å². The van der Waals surface area contributed by atoms with E-state index in [4.69, 9.17) is 4.42 Å². The third-order valence-corrected chi connectivity index (χ3v) is 3.78. The Morgan fingerprint density at radius 1 is 1.17 bits per heavy atom. The van der Waals surface area contributed by atoms with Gasteiger partial charge < -0.3 is 9.73 Å². The predicted octanol–water partition coefficient (Wildman–Crippen LogP) is 3.49. The zero-order valence-corrected chi connectivity index (χ0v) is 10.7. The van der Waals surface area contributed by atoms with Crippen LogP contribution in [0.5, 0.6) is 0 Å². The van der Waals surface area contributed by atoms with Crippen molar-refractivity contribution < 1.29 is 4.42 Å². The highest BCUT2D eigenvalue weighted by atomic mass is 16.3. The fourth-order valence-electron chi connectivity index (χ4n) is 2.85. The van der Waals surface area contributed by atoms with E-state index in [0.29, 0.717) is 12.1 Å². The molecule has 0 amide bonds. The van der Waals surface area contributed by atoms with Crippen molar-refractivity contribution in [2.75, 3.05) is 0 Å². The van der Waals surface area contributed by atoms with Gasteiger partial charge >= 0.3 is 0 Å². The van der Waals surface area contributed by atoms with Gasteiger partial charge in [-0.15, -0.1) is 0 Å². The molecule has 1 aliphatic rings. The van der Waals surface area contributed by atoms with Gasteiger partial charge in [0.1, 0.15) is 5.76 Å². The smallest absolute Gasteiger partial charge is 0.120 e. The summed E-state index contributed by atoms with van der Waals surface area (Å²) in [7, 11) is 0. The van der Waals surface area contributed by atoms with Gasteiger partial charge in [-0.1, -0.05) is 31.2 Å². The quantitative estimate of drug-likeness (QED) is 0.886.